The Bertz CT molecular complexity index is 369. The van der Waals surface area contributed by atoms with E-state index in [4.69, 9.17) is 10.3 Å². The van der Waals surface area contributed by atoms with E-state index >= 15 is 0 Å². The monoisotopic (exact) mass is 223 g/mol. The number of aryl methyl sites for hydroxylation is 1. The SMILES string of the molecule is Cc1nc(CN=C(N)NCC2CCC2)no1. The number of aliphatic imine (C=N–C) groups is 1. The van der Waals surface area contributed by atoms with Gasteiger partial charge in [-0.1, -0.05) is 11.6 Å². The Morgan fingerprint density at radius 1 is 1.62 bits per heavy atom. The van der Waals surface area contributed by atoms with Gasteiger partial charge in [0.15, 0.2) is 11.8 Å². The lowest BCUT2D eigenvalue weighted by molar-refractivity contribution is 0.315. The van der Waals surface area contributed by atoms with E-state index in [1.807, 2.05) is 0 Å². The van der Waals surface area contributed by atoms with Crippen molar-refractivity contribution in [2.24, 2.45) is 16.6 Å². The molecule has 1 aliphatic carbocycles. The lowest BCUT2D eigenvalue weighted by Gasteiger charge is -2.25. The van der Waals surface area contributed by atoms with E-state index in [1.54, 1.807) is 6.92 Å². The predicted molar refractivity (Wildman–Crippen MR) is 59.7 cm³/mol. The van der Waals surface area contributed by atoms with Crippen LogP contribution in [0, 0.1) is 12.8 Å². The first-order chi connectivity index (χ1) is 7.74. The number of hydrogen-bond acceptors (Lipinski definition) is 4. The minimum absolute atomic E-state index is 0.362. The van der Waals surface area contributed by atoms with Crippen LogP contribution >= 0.6 is 0 Å². The van der Waals surface area contributed by atoms with Gasteiger partial charge in [0, 0.05) is 13.5 Å². The maximum Gasteiger partial charge on any atom is 0.223 e. The summed E-state index contributed by atoms with van der Waals surface area (Å²) in [6.07, 6.45) is 3.93. The maximum atomic E-state index is 5.71. The molecule has 1 heterocycles. The Morgan fingerprint density at radius 2 is 2.44 bits per heavy atom. The normalized spacial score (nSPS) is 17.2. The largest absolute Gasteiger partial charge is 0.370 e. The van der Waals surface area contributed by atoms with Crippen molar-refractivity contribution in [2.45, 2.75) is 32.7 Å². The van der Waals surface area contributed by atoms with Gasteiger partial charge in [0.1, 0.15) is 6.54 Å². The molecule has 88 valence electrons. The van der Waals surface area contributed by atoms with Gasteiger partial charge in [-0.2, -0.15) is 4.98 Å². The highest BCUT2D eigenvalue weighted by molar-refractivity contribution is 5.77. The second-order valence-electron chi connectivity index (χ2n) is 4.11. The van der Waals surface area contributed by atoms with Crippen molar-refractivity contribution in [3.05, 3.63) is 11.7 Å². The fraction of sp³-hybridized carbons (Fsp3) is 0.700. The van der Waals surface area contributed by atoms with E-state index in [9.17, 15) is 0 Å². The van der Waals surface area contributed by atoms with Crippen molar-refractivity contribution in [3.8, 4) is 0 Å². The summed E-state index contributed by atoms with van der Waals surface area (Å²) in [7, 11) is 0. The maximum absolute atomic E-state index is 5.71. The van der Waals surface area contributed by atoms with Crippen LogP contribution in [0.15, 0.2) is 9.52 Å². The zero-order valence-corrected chi connectivity index (χ0v) is 9.44. The quantitative estimate of drug-likeness (QED) is 0.575. The zero-order chi connectivity index (χ0) is 11.4. The molecule has 0 radical (unpaired) electrons. The van der Waals surface area contributed by atoms with E-state index < -0.39 is 0 Å². The van der Waals surface area contributed by atoms with Crippen molar-refractivity contribution >= 4 is 5.96 Å². The summed E-state index contributed by atoms with van der Waals surface area (Å²) in [6.45, 7) is 3.03. The molecule has 1 aliphatic rings. The predicted octanol–water partition coefficient (Wildman–Crippen LogP) is 0.582. The Hall–Kier alpha value is -1.59. The molecule has 0 aromatic carbocycles. The zero-order valence-electron chi connectivity index (χ0n) is 9.44. The van der Waals surface area contributed by atoms with Crippen molar-refractivity contribution < 1.29 is 4.52 Å². The number of nitrogens with zero attached hydrogens (tertiary/aromatic N) is 3. The highest BCUT2D eigenvalue weighted by Crippen LogP contribution is 2.24. The fourth-order valence-corrected chi connectivity index (χ4v) is 1.56. The molecule has 1 saturated carbocycles. The minimum atomic E-state index is 0.362. The van der Waals surface area contributed by atoms with Crippen LogP contribution in [0.4, 0.5) is 0 Å². The minimum Gasteiger partial charge on any atom is -0.370 e. The van der Waals surface area contributed by atoms with Crippen LogP contribution < -0.4 is 11.1 Å². The molecule has 0 bridgehead atoms. The summed E-state index contributed by atoms with van der Waals surface area (Å²) in [5, 5.41) is 6.84. The number of nitrogens with one attached hydrogen (secondary N) is 1. The van der Waals surface area contributed by atoms with Crippen LogP contribution in [0.1, 0.15) is 31.0 Å². The van der Waals surface area contributed by atoms with Crippen molar-refractivity contribution in [1.29, 1.82) is 0 Å². The lowest BCUT2D eigenvalue weighted by Crippen LogP contribution is -2.37. The van der Waals surface area contributed by atoms with Gasteiger partial charge < -0.3 is 15.6 Å². The standard InChI is InChI=1S/C10H17N5O/c1-7-14-9(15-16-7)6-13-10(11)12-5-8-3-2-4-8/h8H,2-6H2,1H3,(H3,11,12,13). The molecule has 1 aromatic rings. The third-order valence-electron chi connectivity index (χ3n) is 2.76. The summed E-state index contributed by atoms with van der Waals surface area (Å²) in [4.78, 5) is 8.17. The van der Waals surface area contributed by atoms with Crippen LogP contribution in [0.2, 0.25) is 0 Å². The number of aromatic nitrogens is 2. The van der Waals surface area contributed by atoms with Gasteiger partial charge in [0.05, 0.1) is 0 Å². The Labute approximate surface area is 94.3 Å². The summed E-state index contributed by atoms with van der Waals surface area (Å²) >= 11 is 0. The first kappa shape index (κ1) is 10.9. The van der Waals surface area contributed by atoms with Crippen LogP contribution in [-0.4, -0.2) is 22.6 Å². The number of rotatable bonds is 4. The van der Waals surface area contributed by atoms with Gasteiger partial charge in [-0.25, -0.2) is 4.99 Å². The average molecular weight is 223 g/mol. The van der Waals surface area contributed by atoms with Gasteiger partial charge >= 0.3 is 0 Å². The molecule has 1 fully saturated rings. The first-order valence-corrected chi connectivity index (χ1v) is 5.57. The molecule has 0 aliphatic heterocycles. The third-order valence-corrected chi connectivity index (χ3v) is 2.76. The molecule has 6 heteroatoms. The highest BCUT2D eigenvalue weighted by Gasteiger charge is 2.16. The Balaban J connectivity index is 1.73. The first-order valence-electron chi connectivity index (χ1n) is 5.57. The summed E-state index contributed by atoms with van der Waals surface area (Å²) < 4.78 is 4.83. The summed E-state index contributed by atoms with van der Waals surface area (Å²) in [5.41, 5.74) is 5.71. The highest BCUT2D eigenvalue weighted by atomic mass is 16.5. The fourth-order valence-electron chi connectivity index (χ4n) is 1.56. The molecular formula is C10H17N5O. The van der Waals surface area contributed by atoms with Crippen molar-refractivity contribution in [3.63, 3.8) is 0 Å². The van der Waals surface area contributed by atoms with E-state index in [0.29, 0.717) is 24.2 Å². The molecule has 3 N–H and O–H groups in total. The number of guanidine groups is 1. The lowest BCUT2D eigenvalue weighted by atomic mass is 9.85. The van der Waals surface area contributed by atoms with Gasteiger partial charge in [0.25, 0.3) is 0 Å². The molecule has 2 rings (SSSR count). The molecule has 0 unspecified atom stereocenters. The summed E-state index contributed by atoms with van der Waals surface area (Å²) in [6, 6.07) is 0. The molecule has 16 heavy (non-hydrogen) atoms. The molecule has 0 amide bonds. The van der Waals surface area contributed by atoms with Crippen LogP contribution in [0.5, 0.6) is 0 Å². The van der Waals surface area contributed by atoms with Gasteiger partial charge in [0.2, 0.25) is 5.89 Å². The molecule has 0 saturated heterocycles. The molecule has 6 nitrogen and oxygen atoms in total. The second kappa shape index (κ2) is 4.96. The second-order valence-corrected chi connectivity index (χ2v) is 4.11. The molecule has 0 atom stereocenters. The van der Waals surface area contributed by atoms with E-state index in [-0.39, 0.29) is 0 Å². The van der Waals surface area contributed by atoms with Gasteiger partial charge in [-0.3, -0.25) is 0 Å². The number of nitrogens with two attached hydrogens (primary N) is 1. The molecule has 1 aromatic heterocycles. The van der Waals surface area contributed by atoms with E-state index in [1.165, 1.54) is 19.3 Å². The number of hydrogen-bond donors (Lipinski definition) is 2. The van der Waals surface area contributed by atoms with Gasteiger partial charge in [-0.05, 0) is 18.8 Å². The van der Waals surface area contributed by atoms with Gasteiger partial charge in [-0.15, -0.1) is 0 Å². The van der Waals surface area contributed by atoms with Crippen molar-refractivity contribution in [2.75, 3.05) is 6.54 Å². The van der Waals surface area contributed by atoms with Crippen LogP contribution in [-0.2, 0) is 6.54 Å². The average Bonchev–Trinajstić information content (AvgIpc) is 2.59. The molecule has 0 spiro atoms. The third kappa shape index (κ3) is 2.95. The Kier molecular flexibility index (Phi) is 3.38. The van der Waals surface area contributed by atoms with E-state index in [0.717, 1.165) is 12.5 Å². The molecular weight excluding hydrogens is 206 g/mol. The van der Waals surface area contributed by atoms with Crippen LogP contribution in [0.3, 0.4) is 0 Å². The van der Waals surface area contributed by atoms with Crippen LogP contribution in [0.25, 0.3) is 0 Å². The topological polar surface area (TPSA) is 89.3 Å². The summed E-state index contributed by atoms with van der Waals surface area (Å²) in [5.74, 6) is 2.33. The Morgan fingerprint density at radius 3 is 3.00 bits per heavy atom. The van der Waals surface area contributed by atoms with E-state index in [2.05, 4.69) is 20.4 Å². The smallest absolute Gasteiger partial charge is 0.223 e. The van der Waals surface area contributed by atoms with Crippen molar-refractivity contribution in [1.82, 2.24) is 15.5 Å².